The summed E-state index contributed by atoms with van der Waals surface area (Å²) < 4.78 is 5.58. The van der Waals surface area contributed by atoms with Gasteiger partial charge in [0.1, 0.15) is 6.61 Å². The number of carbonyl (C=O) groups is 3. The molecule has 0 spiro atoms. The van der Waals surface area contributed by atoms with Gasteiger partial charge in [-0.25, -0.2) is 4.79 Å². The third kappa shape index (κ3) is 5.17. The van der Waals surface area contributed by atoms with E-state index in [-0.39, 0.29) is 31.0 Å². The molecule has 174 valence electrons. The van der Waals surface area contributed by atoms with Crippen LogP contribution >= 0.6 is 0 Å². The van der Waals surface area contributed by atoms with Gasteiger partial charge in [-0.05, 0) is 35.1 Å². The van der Waals surface area contributed by atoms with Gasteiger partial charge in [0.2, 0.25) is 5.91 Å². The van der Waals surface area contributed by atoms with Crippen molar-refractivity contribution >= 4 is 18.0 Å². The summed E-state index contributed by atoms with van der Waals surface area (Å²) in [6, 6.07) is 15.8. The van der Waals surface area contributed by atoms with Crippen LogP contribution in [0.4, 0.5) is 4.79 Å². The van der Waals surface area contributed by atoms with Crippen molar-refractivity contribution in [3.05, 3.63) is 59.7 Å². The summed E-state index contributed by atoms with van der Waals surface area (Å²) in [6.07, 6.45) is -0.111. The normalized spacial score (nSPS) is 19.9. The first-order valence-corrected chi connectivity index (χ1v) is 11.2. The second-order valence-corrected chi connectivity index (χ2v) is 8.61. The zero-order valence-electron chi connectivity index (χ0n) is 18.2. The number of carboxylic acid groups (broad SMARTS) is 1. The van der Waals surface area contributed by atoms with Crippen LogP contribution in [0, 0.1) is 5.92 Å². The van der Waals surface area contributed by atoms with E-state index in [0.717, 1.165) is 28.7 Å². The molecule has 2 aromatic carbocycles. The molecule has 4 N–H and O–H groups in total. The average molecular weight is 453 g/mol. The molecule has 1 fully saturated rings. The minimum atomic E-state index is -1.15. The SMILES string of the molecule is O=C(O)CC(O)CNC(=O)[C@H]1CCC[C@H]1NC(=O)OCC1c2ccccc2-c2ccccc21. The molecule has 2 aliphatic carbocycles. The maximum absolute atomic E-state index is 12.6. The number of ether oxygens (including phenoxy) is 1. The molecule has 2 aliphatic rings. The molecule has 3 atom stereocenters. The molecule has 0 heterocycles. The molecule has 0 radical (unpaired) electrons. The summed E-state index contributed by atoms with van der Waals surface area (Å²) in [5.41, 5.74) is 4.56. The van der Waals surface area contributed by atoms with Crippen molar-refractivity contribution in [3.8, 4) is 11.1 Å². The van der Waals surface area contributed by atoms with E-state index in [9.17, 15) is 19.5 Å². The quantitative estimate of drug-likeness (QED) is 0.488. The fraction of sp³-hybridized carbons (Fsp3) is 0.400. The zero-order valence-corrected chi connectivity index (χ0v) is 18.2. The van der Waals surface area contributed by atoms with Gasteiger partial charge in [-0.15, -0.1) is 0 Å². The van der Waals surface area contributed by atoms with E-state index in [2.05, 4.69) is 34.9 Å². The predicted octanol–water partition coefficient (Wildman–Crippen LogP) is 2.65. The van der Waals surface area contributed by atoms with Crippen LogP contribution in [0.2, 0.25) is 0 Å². The van der Waals surface area contributed by atoms with Crippen LogP contribution in [0.1, 0.15) is 42.7 Å². The predicted molar refractivity (Wildman–Crippen MR) is 121 cm³/mol. The Morgan fingerprint density at radius 3 is 2.27 bits per heavy atom. The lowest BCUT2D eigenvalue weighted by Gasteiger charge is -2.22. The van der Waals surface area contributed by atoms with Gasteiger partial charge >= 0.3 is 12.1 Å². The number of alkyl carbamates (subject to hydrolysis) is 1. The van der Waals surface area contributed by atoms with Crippen LogP contribution in [0.25, 0.3) is 11.1 Å². The molecule has 0 aromatic heterocycles. The second-order valence-electron chi connectivity index (χ2n) is 8.61. The fourth-order valence-corrected chi connectivity index (χ4v) is 4.86. The monoisotopic (exact) mass is 452 g/mol. The molecule has 0 aliphatic heterocycles. The molecule has 8 heteroatoms. The van der Waals surface area contributed by atoms with Gasteiger partial charge in [0.25, 0.3) is 0 Å². The summed E-state index contributed by atoms with van der Waals surface area (Å²) in [7, 11) is 0. The van der Waals surface area contributed by atoms with Gasteiger partial charge in [-0.1, -0.05) is 55.0 Å². The first kappa shape index (κ1) is 22.8. The number of hydrogen-bond acceptors (Lipinski definition) is 5. The van der Waals surface area contributed by atoms with Gasteiger partial charge in [-0.3, -0.25) is 9.59 Å². The van der Waals surface area contributed by atoms with E-state index in [0.29, 0.717) is 12.8 Å². The number of fused-ring (bicyclic) bond motifs is 3. The minimum absolute atomic E-state index is 0.0402. The van der Waals surface area contributed by atoms with E-state index in [1.165, 1.54) is 0 Å². The maximum atomic E-state index is 12.6. The number of carboxylic acids is 1. The Labute approximate surface area is 192 Å². The van der Waals surface area contributed by atoms with E-state index >= 15 is 0 Å². The largest absolute Gasteiger partial charge is 0.481 e. The van der Waals surface area contributed by atoms with Crippen LogP contribution in [-0.2, 0) is 14.3 Å². The second kappa shape index (κ2) is 10.0. The van der Waals surface area contributed by atoms with Crippen LogP contribution in [0.3, 0.4) is 0 Å². The number of amides is 2. The molecule has 2 aromatic rings. The van der Waals surface area contributed by atoms with E-state index in [1.54, 1.807) is 0 Å². The van der Waals surface area contributed by atoms with Gasteiger partial charge in [0.05, 0.1) is 18.4 Å². The zero-order chi connectivity index (χ0) is 23.4. The molecule has 4 rings (SSSR count). The molecule has 1 unspecified atom stereocenters. The molecule has 0 saturated heterocycles. The third-order valence-electron chi connectivity index (χ3n) is 6.42. The van der Waals surface area contributed by atoms with Gasteiger partial charge < -0.3 is 25.6 Å². The lowest BCUT2D eigenvalue weighted by molar-refractivity contribution is -0.139. The summed E-state index contributed by atoms with van der Waals surface area (Å²) in [5, 5.41) is 23.8. The van der Waals surface area contributed by atoms with E-state index < -0.39 is 30.5 Å². The van der Waals surface area contributed by atoms with Gasteiger partial charge in [-0.2, -0.15) is 0 Å². The minimum Gasteiger partial charge on any atom is -0.481 e. The number of aliphatic carboxylic acids is 1. The van der Waals surface area contributed by atoms with Crippen molar-refractivity contribution in [1.82, 2.24) is 10.6 Å². The highest BCUT2D eigenvalue weighted by molar-refractivity contribution is 5.81. The summed E-state index contributed by atoms with van der Waals surface area (Å²) in [5.74, 6) is -1.92. The first-order valence-electron chi connectivity index (χ1n) is 11.2. The standard InChI is InChI=1S/C25H28N2O6/c28-15(12-23(29)30)13-26-24(31)20-10-5-11-22(20)27-25(32)33-14-21-18-8-3-1-6-16(18)17-7-2-4-9-19(17)21/h1-4,6-9,15,20-22,28H,5,10-14H2,(H,26,31)(H,27,32)(H,29,30)/t15?,20-,22+/m0/s1. The Hall–Kier alpha value is -3.39. The average Bonchev–Trinajstić information content (AvgIpc) is 3.38. The Morgan fingerprint density at radius 2 is 1.64 bits per heavy atom. The Balaban J connectivity index is 1.32. The number of nitrogens with one attached hydrogen (secondary N) is 2. The molecule has 0 bridgehead atoms. The lowest BCUT2D eigenvalue weighted by Crippen LogP contribution is -2.45. The highest BCUT2D eigenvalue weighted by Gasteiger charge is 2.35. The third-order valence-corrected chi connectivity index (χ3v) is 6.42. The Bertz CT molecular complexity index is 994. The maximum Gasteiger partial charge on any atom is 0.407 e. The molecule has 33 heavy (non-hydrogen) atoms. The van der Waals surface area contributed by atoms with Crippen molar-refractivity contribution < 1.29 is 29.3 Å². The number of aliphatic hydroxyl groups is 1. The summed E-state index contributed by atoms with van der Waals surface area (Å²) in [4.78, 5) is 35.7. The molecular formula is C25H28N2O6. The fourth-order valence-electron chi connectivity index (χ4n) is 4.86. The van der Waals surface area contributed by atoms with E-state index in [4.69, 9.17) is 9.84 Å². The number of benzene rings is 2. The number of hydrogen-bond donors (Lipinski definition) is 4. The summed E-state index contributed by atoms with van der Waals surface area (Å²) in [6.45, 7) is 0.0596. The van der Waals surface area contributed by atoms with Crippen molar-refractivity contribution in [2.75, 3.05) is 13.2 Å². The lowest BCUT2D eigenvalue weighted by atomic mass is 9.98. The number of aliphatic hydroxyl groups excluding tert-OH is 1. The van der Waals surface area contributed by atoms with Crippen LogP contribution in [-0.4, -0.2) is 53.5 Å². The first-order chi connectivity index (χ1) is 15.9. The van der Waals surface area contributed by atoms with E-state index in [1.807, 2.05) is 24.3 Å². The molecule has 8 nitrogen and oxygen atoms in total. The molecule has 1 saturated carbocycles. The highest BCUT2D eigenvalue weighted by atomic mass is 16.5. The highest BCUT2D eigenvalue weighted by Crippen LogP contribution is 2.44. The molecular weight excluding hydrogens is 424 g/mol. The van der Waals surface area contributed by atoms with Gasteiger partial charge in [0, 0.05) is 18.5 Å². The van der Waals surface area contributed by atoms with Crippen molar-refractivity contribution in [2.24, 2.45) is 5.92 Å². The topological polar surface area (TPSA) is 125 Å². The number of carbonyl (C=O) groups excluding carboxylic acids is 2. The summed E-state index contributed by atoms with van der Waals surface area (Å²) >= 11 is 0. The Kier molecular flexibility index (Phi) is 6.93. The van der Waals surface area contributed by atoms with Gasteiger partial charge in [0.15, 0.2) is 0 Å². The van der Waals surface area contributed by atoms with Crippen LogP contribution in [0.5, 0.6) is 0 Å². The smallest absolute Gasteiger partial charge is 0.407 e. The van der Waals surface area contributed by atoms with Crippen molar-refractivity contribution in [3.63, 3.8) is 0 Å². The number of rotatable bonds is 8. The Morgan fingerprint density at radius 1 is 1.00 bits per heavy atom. The van der Waals surface area contributed by atoms with Crippen LogP contribution in [0.15, 0.2) is 48.5 Å². The molecule has 2 amide bonds. The van der Waals surface area contributed by atoms with Crippen LogP contribution < -0.4 is 10.6 Å². The van der Waals surface area contributed by atoms with Crippen molar-refractivity contribution in [1.29, 1.82) is 0 Å². The van der Waals surface area contributed by atoms with Crippen molar-refractivity contribution in [2.45, 2.75) is 43.7 Å².